The van der Waals surface area contributed by atoms with Gasteiger partial charge in [0, 0.05) is 26.3 Å². The SMILES string of the molecule is COCCC(C)N1CCCC(C(=O)OC)C1. The van der Waals surface area contributed by atoms with Gasteiger partial charge in [0.25, 0.3) is 0 Å². The van der Waals surface area contributed by atoms with E-state index in [2.05, 4.69) is 11.8 Å². The maximum Gasteiger partial charge on any atom is 0.309 e. The second kappa shape index (κ2) is 6.86. The number of rotatable bonds is 5. The summed E-state index contributed by atoms with van der Waals surface area (Å²) in [7, 11) is 3.19. The van der Waals surface area contributed by atoms with E-state index in [0.29, 0.717) is 6.04 Å². The van der Waals surface area contributed by atoms with E-state index in [1.165, 1.54) is 7.11 Å². The van der Waals surface area contributed by atoms with Gasteiger partial charge in [0.1, 0.15) is 0 Å². The zero-order valence-corrected chi connectivity index (χ0v) is 10.6. The third-order valence-electron chi connectivity index (χ3n) is 3.35. The van der Waals surface area contributed by atoms with Crippen LogP contribution in [0.4, 0.5) is 0 Å². The Balaban J connectivity index is 2.40. The molecule has 0 saturated carbocycles. The molecule has 1 saturated heterocycles. The van der Waals surface area contributed by atoms with E-state index >= 15 is 0 Å². The lowest BCUT2D eigenvalue weighted by Gasteiger charge is -2.35. The van der Waals surface area contributed by atoms with Crippen molar-refractivity contribution in [3.8, 4) is 0 Å². The second-order valence-electron chi connectivity index (χ2n) is 4.49. The minimum Gasteiger partial charge on any atom is -0.469 e. The van der Waals surface area contributed by atoms with Crippen LogP contribution in [0.3, 0.4) is 0 Å². The fourth-order valence-electron chi connectivity index (χ4n) is 2.24. The molecule has 1 aliphatic rings. The highest BCUT2D eigenvalue weighted by Crippen LogP contribution is 2.20. The molecule has 16 heavy (non-hydrogen) atoms. The zero-order chi connectivity index (χ0) is 12.0. The van der Waals surface area contributed by atoms with E-state index in [4.69, 9.17) is 9.47 Å². The van der Waals surface area contributed by atoms with Gasteiger partial charge in [-0.25, -0.2) is 0 Å². The summed E-state index contributed by atoms with van der Waals surface area (Å²) in [5.74, 6) is -0.00705. The molecule has 1 aliphatic heterocycles. The van der Waals surface area contributed by atoms with Crippen molar-refractivity contribution in [3.05, 3.63) is 0 Å². The molecule has 1 heterocycles. The lowest BCUT2D eigenvalue weighted by molar-refractivity contribution is -0.147. The van der Waals surface area contributed by atoms with Crippen molar-refractivity contribution in [1.82, 2.24) is 4.90 Å². The molecule has 94 valence electrons. The van der Waals surface area contributed by atoms with Crippen LogP contribution in [0.1, 0.15) is 26.2 Å². The molecule has 2 atom stereocenters. The van der Waals surface area contributed by atoms with Crippen LogP contribution in [-0.2, 0) is 14.3 Å². The van der Waals surface area contributed by atoms with Gasteiger partial charge in [0.05, 0.1) is 13.0 Å². The lowest BCUT2D eigenvalue weighted by Crippen LogP contribution is -2.44. The van der Waals surface area contributed by atoms with Crippen LogP contribution in [0.25, 0.3) is 0 Å². The average Bonchev–Trinajstić information content (AvgIpc) is 2.35. The molecule has 0 aromatic heterocycles. The van der Waals surface area contributed by atoms with E-state index in [-0.39, 0.29) is 11.9 Å². The van der Waals surface area contributed by atoms with E-state index in [1.807, 2.05) is 0 Å². The number of piperidine rings is 1. The van der Waals surface area contributed by atoms with Gasteiger partial charge < -0.3 is 9.47 Å². The Morgan fingerprint density at radius 2 is 2.25 bits per heavy atom. The van der Waals surface area contributed by atoms with Crippen molar-refractivity contribution in [3.63, 3.8) is 0 Å². The Hall–Kier alpha value is -0.610. The largest absolute Gasteiger partial charge is 0.469 e. The first-order chi connectivity index (χ1) is 7.69. The predicted molar refractivity (Wildman–Crippen MR) is 62.3 cm³/mol. The van der Waals surface area contributed by atoms with Gasteiger partial charge in [0.15, 0.2) is 0 Å². The zero-order valence-electron chi connectivity index (χ0n) is 10.6. The average molecular weight is 229 g/mol. The summed E-state index contributed by atoms with van der Waals surface area (Å²) in [5, 5.41) is 0. The number of ether oxygens (including phenoxy) is 2. The maximum atomic E-state index is 11.5. The van der Waals surface area contributed by atoms with Crippen LogP contribution in [-0.4, -0.2) is 50.8 Å². The summed E-state index contributed by atoms with van der Waals surface area (Å²) in [6.45, 7) is 4.88. The van der Waals surface area contributed by atoms with E-state index in [0.717, 1.165) is 39.0 Å². The molecular weight excluding hydrogens is 206 g/mol. The summed E-state index contributed by atoms with van der Waals surface area (Å²) in [6.07, 6.45) is 3.06. The van der Waals surface area contributed by atoms with Gasteiger partial charge in [-0.1, -0.05) is 0 Å². The van der Waals surface area contributed by atoms with Gasteiger partial charge >= 0.3 is 5.97 Å². The highest BCUT2D eigenvalue weighted by Gasteiger charge is 2.28. The van der Waals surface area contributed by atoms with Gasteiger partial charge in [-0.2, -0.15) is 0 Å². The molecule has 0 aliphatic carbocycles. The first kappa shape index (κ1) is 13.5. The number of nitrogens with zero attached hydrogens (tertiary/aromatic N) is 1. The maximum absolute atomic E-state index is 11.5. The number of hydrogen-bond acceptors (Lipinski definition) is 4. The predicted octanol–water partition coefficient (Wildman–Crippen LogP) is 1.30. The standard InChI is InChI=1S/C12H23NO3/c1-10(6-8-15-2)13-7-4-5-11(9-13)12(14)16-3/h10-11H,4-9H2,1-3H3. The Bertz CT molecular complexity index is 220. The summed E-state index contributed by atoms with van der Waals surface area (Å²) < 4.78 is 9.89. The van der Waals surface area contributed by atoms with E-state index in [1.54, 1.807) is 7.11 Å². The fraction of sp³-hybridized carbons (Fsp3) is 0.917. The van der Waals surface area contributed by atoms with Crippen molar-refractivity contribution < 1.29 is 14.3 Å². The number of carbonyl (C=O) groups is 1. The van der Waals surface area contributed by atoms with Crippen LogP contribution in [0, 0.1) is 5.92 Å². The van der Waals surface area contributed by atoms with E-state index < -0.39 is 0 Å². The summed E-state index contributed by atoms with van der Waals surface area (Å²) >= 11 is 0. The molecule has 0 amide bonds. The first-order valence-corrected chi connectivity index (χ1v) is 5.99. The molecule has 0 radical (unpaired) electrons. The minimum atomic E-state index is -0.0661. The van der Waals surface area contributed by atoms with Crippen LogP contribution in [0.2, 0.25) is 0 Å². The third kappa shape index (κ3) is 3.76. The fourth-order valence-corrected chi connectivity index (χ4v) is 2.24. The normalized spacial score (nSPS) is 24.1. The molecule has 0 N–H and O–H groups in total. The Labute approximate surface area is 97.9 Å². The highest BCUT2D eigenvalue weighted by atomic mass is 16.5. The Morgan fingerprint density at radius 1 is 1.50 bits per heavy atom. The molecule has 0 aromatic rings. The molecule has 0 spiro atoms. The Kier molecular flexibility index (Phi) is 5.77. The highest BCUT2D eigenvalue weighted by molar-refractivity contribution is 5.72. The monoisotopic (exact) mass is 229 g/mol. The van der Waals surface area contributed by atoms with Crippen molar-refractivity contribution in [2.75, 3.05) is 33.9 Å². The van der Waals surface area contributed by atoms with E-state index in [9.17, 15) is 4.79 Å². The number of hydrogen-bond donors (Lipinski definition) is 0. The number of likely N-dealkylation sites (tertiary alicyclic amines) is 1. The molecule has 4 nitrogen and oxygen atoms in total. The van der Waals surface area contributed by atoms with Crippen LogP contribution < -0.4 is 0 Å². The van der Waals surface area contributed by atoms with Crippen LogP contribution in [0.5, 0.6) is 0 Å². The summed E-state index contributed by atoms with van der Waals surface area (Å²) in [4.78, 5) is 13.8. The van der Waals surface area contributed by atoms with Crippen LogP contribution in [0.15, 0.2) is 0 Å². The molecule has 2 unspecified atom stereocenters. The summed E-state index contributed by atoms with van der Waals surface area (Å²) in [5.41, 5.74) is 0. The minimum absolute atomic E-state index is 0.0590. The molecule has 0 aromatic carbocycles. The molecule has 1 rings (SSSR count). The first-order valence-electron chi connectivity index (χ1n) is 5.99. The van der Waals surface area contributed by atoms with Gasteiger partial charge in [-0.05, 0) is 32.7 Å². The Morgan fingerprint density at radius 3 is 2.88 bits per heavy atom. The number of esters is 1. The smallest absolute Gasteiger partial charge is 0.309 e. The van der Waals surface area contributed by atoms with Crippen molar-refractivity contribution in [2.45, 2.75) is 32.2 Å². The van der Waals surface area contributed by atoms with Crippen molar-refractivity contribution in [2.24, 2.45) is 5.92 Å². The topological polar surface area (TPSA) is 38.8 Å². The van der Waals surface area contributed by atoms with Gasteiger partial charge in [0.2, 0.25) is 0 Å². The third-order valence-corrected chi connectivity index (χ3v) is 3.35. The number of carbonyl (C=O) groups excluding carboxylic acids is 1. The molecule has 0 bridgehead atoms. The van der Waals surface area contributed by atoms with Gasteiger partial charge in [-0.15, -0.1) is 0 Å². The number of methoxy groups -OCH3 is 2. The second-order valence-corrected chi connectivity index (χ2v) is 4.49. The molecule has 4 heteroatoms. The quantitative estimate of drug-likeness (QED) is 0.666. The van der Waals surface area contributed by atoms with Crippen molar-refractivity contribution >= 4 is 5.97 Å². The lowest BCUT2D eigenvalue weighted by atomic mass is 9.96. The van der Waals surface area contributed by atoms with Gasteiger partial charge in [-0.3, -0.25) is 9.69 Å². The molecule has 1 fully saturated rings. The summed E-state index contributed by atoms with van der Waals surface area (Å²) in [6, 6.07) is 0.479. The molecular formula is C12H23NO3. The van der Waals surface area contributed by atoms with Crippen LogP contribution >= 0.6 is 0 Å². The van der Waals surface area contributed by atoms with Crippen molar-refractivity contribution in [1.29, 1.82) is 0 Å².